The first-order valence-electron chi connectivity index (χ1n) is 5.18. The van der Waals surface area contributed by atoms with Crippen molar-refractivity contribution in [2.75, 3.05) is 5.32 Å². The number of carbonyl (C=O) groups is 2. The van der Waals surface area contributed by atoms with Crippen molar-refractivity contribution in [3.05, 3.63) is 10.6 Å². The summed E-state index contributed by atoms with van der Waals surface area (Å²) in [4.78, 5) is 26.0. The minimum Gasteiger partial charge on any atom is -0.459 e. The summed E-state index contributed by atoms with van der Waals surface area (Å²) < 4.78 is 41.0. The number of nitrogens with one attached hydrogen (secondary N) is 1. The van der Waals surface area contributed by atoms with Crippen molar-refractivity contribution in [2.24, 2.45) is 0 Å². The molecule has 1 heterocycles. The Hall–Kier alpha value is -1.64. The van der Waals surface area contributed by atoms with Crippen LogP contribution in [0.2, 0.25) is 0 Å². The summed E-state index contributed by atoms with van der Waals surface area (Å²) in [6, 6.07) is 0. The Morgan fingerprint density at radius 1 is 1.37 bits per heavy atom. The van der Waals surface area contributed by atoms with Crippen LogP contribution in [0.4, 0.5) is 18.3 Å². The second-order valence-corrected chi connectivity index (χ2v) is 4.84. The van der Waals surface area contributed by atoms with Gasteiger partial charge in [0.15, 0.2) is 5.13 Å². The molecule has 0 spiro atoms. The highest BCUT2D eigenvalue weighted by atomic mass is 32.1. The number of hydrogen-bond donors (Lipinski definition) is 1. The van der Waals surface area contributed by atoms with Crippen LogP contribution in [-0.2, 0) is 9.53 Å². The average Bonchev–Trinajstić information content (AvgIpc) is 2.57. The molecule has 1 aromatic heterocycles. The molecule has 0 aliphatic carbocycles. The van der Waals surface area contributed by atoms with E-state index in [1.54, 1.807) is 19.2 Å². The second kappa shape index (κ2) is 5.55. The molecule has 0 atom stereocenters. The van der Waals surface area contributed by atoms with Gasteiger partial charge in [-0.1, -0.05) is 11.3 Å². The normalized spacial score (nSPS) is 11.5. The van der Waals surface area contributed by atoms with Crippen molar-refractivity contribution < 1.29 is 27.5 Å². The molecule has 0 saturated heterocycles. The summed E-state index contributed by atoms with van der Waals surface area (Å²) in [5.41, 5.74) is 0.202. The lowest BCUT2D eigenvalue weighted by Crippen LogP contribution is -2.29. The largest absolute Gasteiger partial charge is 0.471 e. The zero-order chi connectivity index (χ0) is 14.8. The van der Waals surface area contributed by atoms with Gasteiger partial charge in [-0.3, -0.25) is 10.1 Å². The Labute approximate surface area is 110 Å². The van der Waals surface area contributed by atoms with Crippen LogP contribution in [0.3, 0.4) is 0 Å². The Balaban J connectivity index is 2.85. The zero-order valence-electron chi connectivity index (χ0n) is 10.3. The van der Waals surface area contributed by atoms with Crippen LogP contribution in [0.15, 0.2) is 0 Å². The quantitative estimate of drug-likeness (QED) is 0.870. The predicted molar refractivity (Wildman–Crippen MR) is 62.1 cm³/mol. The minimum absolute atomic E-state index is 0.0613. The summed E-state index contributed by atoms with van der Waals surface area (Å²) >= 11 is 0.636. The molecule has 1 amide bonds. The van der Waals surface area contributed by atoms with Gasteiger partial charge in [-0.25, -0.2) is 9.78 Å². The number of rotatable bonds is 3. The lowest BCUT2D eigenvalue weighted by atomic mass is 10.4. The molecular weight excluding hydrogens is 285 g/mol. The van der Waals surface area contributed by atoms with Crippen molar-refractivity contribution in [2.45, 2.75) is 33.1 Å². The van der Waals surface area contributed by atoms with E-state index in [1.807, 2.05) is 0 Å². The molecule has 0 radical (unpaired) electrons. The van der Waals surface area contributed by atoms with Gasteiger partial charge in [-0.05, 0) is 20.8 Å². The highest BCUT2D eigenvalue weighted by Gasteiger charge is 2.39. The van der Waals surface area contributed by atoms with Gasteiger partial charge in [0, 0.05) is 0 Å². The van der Waals surface area contributed by atoms with Gasteiger partial charge in [0.2, 0.25) is 0 Å². The first-order chi connectivity index (χ1) is 8.61. The van der Waals surface area contributed by atoms with E-state index in [0.717, 1.165) is 0 Å². The molecule has 1 N–H and O–H groups in total. The molecule has 0 aromatic carbocycles. The summed E-state index contributed by atoms with van der Waals surface area (Å²) in [5.74, 6) is -2.82. The molecule has 0 aliphatic heterocycles. The van der Waals surface area contributed by atoms with Gasteiger partial charge in [0.1, 0.15) is 4.88 Å². The summed E-state index contributed by atoms with van der Waals surface area (Å²) in [7, 11) is 0. The Bertz CT molecular complexity index is 497. The third kappa shape index (κ3) is 4.19. The molecule has 1 aromatic rings. The molecule has 0 bridgehead atoms. The molecule has 0 aliphatic rings. The molecule has 0 fully saturated rings. The number of hydrogen-bond acceptors (Lipinski definition) is 5. The van der Waals surface area contributed by atoms with Crippen LogP contribution >= 0.6 is 11.3 Å². The maximum absolute atomic E-state index is 12.0. The molecule has 1 rings (SSSR count). The third-order valence-corrected chi connectivity index (χ3v) is 2.86. The summed E-state index contributed by atoms with van der Waals surface area (Å²) in [6.07, 6.45) is -5.36. The lowest BCUT2D eigenvalue weighted by molar-refractivity contribution is -0.167. The fourth-order valence-corrected chi connectivity index (χ4v) is 1.92. The number of aromatic nitrogens is 1. The van der Waals surface area contributed by atoms with Crippen LogP contribution in [0.25, 0.3) is 0 Å². The number of thiazole rings is 1. The highest BCUT2D eigenvalue weighted by Crippen LogP contribution is 2.25. The fourth-order valence-electron chi connectivity index (χ4n) is 1.07. The van der Waals surface area contributed by atoms with Crippen LogP contribution in [-0.4, -0.2) is 29.1 Å². The Morgan fingerprint density at radius 2 is 1.95 bits per heavy atom. The first kappa shape index (κ1) is 15.4. The van der Waals surface area contributed by atoms with Gasteiger partial charge in [0.05, 0.1) is 11.8 Å². The number of amides is 1. The summed E-state index contributed by atoms with van der Waals surface area (Å²) in [6.45, 7) is 4.72. The molecule has 5 nitrogen and oxygen atoms in total. The number of nitrogens with zero attached hydrogens (tertiary/aromatic N) is 1. The maximum atomic E-state index is 12.0. The smallest absolute Gasteiger partial charge is 0.459 e. The van der Waals surface area contributed by atoms with Gasteiger partial charge in [0.25, 0.3) is 0 Å². The van der Waals surface area contributed by atoms with Crippen LogP contribution < -0.4 is 5.32 Å². The molecule has 9 heteroatoms. The number of alkyl halides is 3. The number of aryl methyl sites for hydroxylation is 1. The van der Waals surface area contributed by atoms with E-state index >= 15 is 0 Å². The van der Waals surface area contributed by atoms with Gasteiger partial charge < -0.3 is 4.74 Å². The van der Waals surface area contributed by atoms with Gasteiger partial charge in [-0.15, -0.1) is 0 Å². The Morgan fingerprint density at radius 3 is 2.42 bits per heavy atom. The molecule has 19 heavy (non-hydrogen) atoms. The van der Waals surface area contributed by atoms with E-state index in [1.165, 1.54) is 6.92 Å². The van der Waals surface area contributed by atoms with Crippen LogP contribution in [0.1, 0.15) is 29.2 Å². The third-order valence-electron chi connectivity index (χ3n) is 1.80. The SMILES string of the molecule is Cc1nc(NC(=O)C(F)(F)F)sc1C(=O)OC(C)C. The van der Waals surface area contributed by atoms with E-state index in [2.05, 4.69) is 4.98 Å². The predicted octanol–water partition coefficient (Wildman–Crippen LogP) is 2.52. The van der Waals surface area contributed by atoms with E-state index in [4.69, 9.17) is 4.74 Å². The van der Waals surface area contributed by atoms with Crippen molar-refractivity contribution in [1.82, 2.24) is 4.98 Å². The Kier molecular flexibility index (Phi) is 4.51. The topological polar surface area (TPSA) is 68.3 Å². The molecular formula is C10H11F3N2O3S. The average molecular weight is 296 g/mol. The monoisotopic (exact) mass is 296 g/mol. The number of halogens is 3. The number of ether oxygens (including phenoxy) is 1. The second-order valence-electron chi connectivity index (χ2n) is 3.84. The van der Waals surface area contributed by atoms with Crippen molar-refractivity contribution >= 4 is 28.3 Å². The lowest BCUT2D eigenvalue weighted by Gasteiger charge is -2.06. The van der Waals surface area contributed by atoms with E-state index < -0.39 is 18.1 Å². The number of esters is 1. The zero-order valence-corrected chi connectivity index (χ0v) is 11.1. The van der Waals surface area contributed by atoms with Crippen molar-refractivity contribution in [3.63, 3.8) is 0 Å². The first-order valence-corrected chi connectivity index (χ1v) is 5.99. The van der Waals surface area contributed by atoms with E-state index in [9.17, 15) is 22.8 Å². The fraction of sp³-hybridized carbons (Fsp3) is 0.500. The van der Waals surface area contributed by atoms with Crippen LogP contribution in [0, 0.1) is 6.92 Å². The minimum atomic E-state index is -5.00. The van der Waals surface area contributed by atoms with Crippen LogP contribution in [0.5, 0.6) is 0 Å². The number of carbonyl (C=O) groups excluding carboxylic acids is 2. The maximum Gasteiger partial charge on any atom is 0.471 e. The van der Waals surface area contributed by atoms with Crippen molar-refractivity contribution in [3.8, 4) is 0 Å². The van der Waals surface area contributed by atoms with E-state index in [0.29, 0.717) is 11.3 Å². The number of anilines is 1. The van der Waals surface area contributed by atoms with Gasteiger partial charge in [-0.2, -0.15) is 13.2 Å². The molecule has 0 unspecified atom stereocenters. The van der Waals surface area contributed by atoms with E-state index in [-0.39, 0.29) is 21.8 Å². The summed E-state index contributed by atoms with van der Waals surface area (Å²) in [5, 5.41) is 1.29. The van der Waals surface area contributed by atoms with Gasteiger partial charge >= 0.3 is 18.1 Å². The highest BCUT2D eigenvalue weighted by molar-refractivity contribution is 7.17. The van der Waals surface area contributed by atoms with Crippen molar-refractivity contribution in [1.29, 1.82) is 0 Å². The molecule has 0 saturated carbocycles. The standard InChI is InChI=1S/C10H11F3N2O3S/c1-4(2)18-7(16)6-5(3)14-9(19-6)15-8(17)10(11,12)13/h4H,1-3H3,(H,14,15,17). The molecule has 106 valence electrons.